The Labute approximate surface area is 192 Å². The first-order valence-corrected chi connectivity index (χ1v) is 12.1. The van der Waals surface area contributed by atoms with Gasteiger partial charge in [-0.2, -0.15) is 4.31 Å². The van der Waals surface area contributed by atoms with Gasteiger partial charge < -0.3 is 9.47 Å². The molecular weight excluding hydrogens is 452 g/mol. The second kappa shape index (κ2) is 9.95. The maximum absolute atomic E-state index is 12.7. The van der Waals surface area contributed by atoms with Crippen LogP contribution in [-0.2, 0) is 37.3 Å². The summed E-state index contributed by atoms with van der Waals surface area (Å²) in [5.41, 5.74) is 2.29. The smallest absolute Gasteiger partial charge is 0.306 e. The van der Waals surface area contributed by atoms with Gasteiger partial charge in [0, 0.05) is 30.5 Å². The number of hydrogen-bond acceptors (Lipinski definition) is 6. The zero-order valence-corrected chi connectivity index (χ0v) is 18.9. The molecule has 0 amide bonds. The Kier molecular flexibility index (Phi) is 7.05. The van der Waals surface area contributed by atoms with Crippen LogP contribution in [0.1, 0.15) is 17.5 Å². The molecule has 9 heteroatoms. The van der Waals surface area contributed by atoms with Gasteiger partial charge in [0.2, 0.25) is 10.0 Å². The van der Waals surface area contributed by atoms with E-state index in [1.54, 1.807) is 24.3 Å². The summed E-state index contributed by atoms with van der Waals surface area (Å²) >= 11 is 6.21. The number of hydrogen-bond donors (Lipinski definition) is 0. The molecule has 4 rings (SSSR count). The Bertz CT molecular complexity index is 1210. The van der Waals surface area contributed by atoms with Crippen molar-refractivity contribution in [3.05, 3.63) is 70.9 Å². The van der Waals surface area contributed by atoms with Crippen LogP contribution < -0.4 is 0 Å². The highest BCUT2D eigenvalue weighted by Gasteiger charge is 2.26. The molecule has 1 aliphatic heterocycles. The largest absolute Gasteiger partial charge is 0.461 e. The zero-order chi connectivity index (χ0) is 22.6. The van der Waals surface area contributed by atoms with E-state index in [1.165, 1.54) is 4.31 Å². The predicted octanol–water partition coefficient (Wildman–Crippen LogP) is 3.59. The average Bonchev–Trinajstić information content (AvgIpc) is 2.82. The topological polar surface area (TPSA) is 85.8 Å². The van der Waals surface area contributed by atoms with Crippen LogP contribution in [0, 0.1) is 0 Å². The van der Waals surface area contributed by atoms with Crippen LogP contribution in [-0.4, -0.2) is 50.0 Å². The summed E-state index contributed by atoms with van der Waals surface area (Å²) in [6.45, 7) is 1.56. The molecule has 168 valence electrons. The lowest BCUT2D eigenvalue weighted by molar-refractivity contribution is -0.144. The number of morpholine rings is 1. The Morgan fingerprint density at radius 3 is 2.56 bits per heavy atom. The first-order valence-electron chi connectivity index (χ1n) is 10.3. The highest BCUT2D eigenvalue weighted by Crippen LogP contribution is 2.22. The summed E-state index contributed by atoms with van der Waals surface area (Å²) in [6.07, 6.45) is 0.620. The van der Waals surface area contributed by atoms with Gasteiger partial charge in [-0.1, -0.05) is 41.9 Å². The number of para-hydroxylation sites is 1. The number of aromatic nitrogens is 1. The summed E-state index contributed by atoms with van der Waals surface area (Å²) in [5, 5.41) is 1.24. The summed E-state index contributed by atoms with van der Waals surface area (Å²) in [4.78, 5) is 16.8. The van der Waals surface area contributed by atoms with Crippen molar-refractivity contribution < 1.29 is 22.7 Å². The van der Waals surface area contributed by atoms with Crippen molar-refractivity contribution in [2.45, 2.75) is 24.3 Å². The molecule has 0 radical (unpaired) electrons. The first-order chi connectivity index (χ1) is 15.4. The number of benzene rings is 2. The highest BCUT2D eigenvalue weighted by molar-refractivity contribution is 7.89. The molecule has 0 N–H and O–H groups in total. The van der Waals surface area contributed by atoms with Gasteiger partial charge in [0.25, 0.3) is 0 Å². The monoisotopic (exact) mass is 474 g/mol. The second-order valence-electron chi connectivity index (χ2n) is 7.45. The van der Waals surface area contributed by atoms with Crippen LogP contribution in [0.2, 0.25) is 5.15 Å². The third-order valence-electron chi connectivity index (χ3n) is 5.29. The maximum Gasteiger partial charge on any atom is 0.306 e. The Morgan fingerprint density at radius 1 is 1.09 bits per heavy atom. The van der Waals surface area contributed by atoms with Gasteiger partial charge in [0.1, 0.15) is 11.8 Å². The summed E-state index contributed by atoms with van der Waals surface area (Å²) in [5.74, 6) is -0.362. The minimum Gasteiger partial charge on any atom is -0.461 e. The molecule has 3 aromatic rings. The number of sulfonamides is 1. The van der Waals surface area contributed by atoms with Crippen molar-refractivity contribution in [3.8, 4) is 0 Å². The number of rotatable bonds is 7. The minimum absolute atomic E-state index is 0.0478. The molecule has 0 spiro atoms. The Hall–Kier alpha value is -2.52. The summed E-state index contributed by atoms with van der Waals surface area (Å²) in [7, 11) is -3.53. The fraction of sp³-hybridized carbons (Fsp3) is 0.304. The van der Waals surface area contributed by atoms with Gasteiger partial charge in [0.05, 0.1) is 23.6 Å². The van der Waals surface area contributed by atoms with Crippen molar-refractivity contribution >= 4 is 38.5 Å². The van der Waals surface area contributed by atoms with Gasteiger partial charge in [-0.05, 0) is 36.2 Å². The molecule has 0 saturated carbocycles. The SMILES string of the molecule is O=C(CCc1ccc(S(=O)(=O)N2CCOCC2)cc1)OCc1cc2ccccc2nc1Cl. The normalized spacial score (nSPS) is 15.0. The van der Waals surface area contributed by atoms with Crippen molar-refractivity contribution in [1.82, 2.24) is 9.29 Å². The highest BCUT2D eigenvalue weighted by atomic mass is 35.5. The number of nitrogens with zero attached hydrogens (tertiary/aromatic N) is 2. The minimum atomic E-state index is -3.53. The van der Waals surface area contributed by atoms with E-state index in [4.69, 9.17) is 21.1 Å². The molecule has 1 aliphatic rings. The standard InChI is InChI=1S/C23H23ClN2O5S/c24-23-19(15-18-3-1-2-4-21(18)25-23)16-31-22(27)10-7-17-5-8-20(9-6-17)32(28,29)26-11-13-30-14-12-26/h1-6,8-9,15H,7,10-14,16H2. The molecule has 0 aliphatic carbocycles. The number of aryl methyl sites for hydroxylation is 1. The second-order valence-corrected chi connectivity index (χ2v) is 9.75. The molecule has 1 saturated heterocycles. The van der Waals surface area contributed by atoms with E-state index in [2.05, 4.69) is 4.98 Å². The lowest BCUT2D eigenvalue weighted by Gasteiger charge is -2.26. The number of fused-ring (bicyclic) bond motifs is 1. The molecule has 7 nitrogen and oxygen atoms in total. The quantitative estimate of drug-likeness (QED) is 0.384. The van der Waals surface area contributed by atoms with Crippen LogP contribution in [0.25, 0.3) is 10.9 Å². The van der Waals surface area contributed by atoms with Crippen LogP contribution in [0.4, 0.5) is 0 Å². The number of carbonyl (C=O) groups is 1. The van der Waals surface area contributed by atoms with E-state index in [1.807, 2.05) is 30.3 Å². The van der Waals surface area contributed by atoms with Gasteiger partial charge in [-0.15, -0.1) is 0 Å². The molecule has 0 unspecified atom stereocenters. The lowest BCUT2D eigenvalue weighted by Crippen LogP contribution is -2.40. The van der Waals surface area contributed by atoms with E-state index >= 15 is 0 Å². The number of halogens is 1. The zero-order valence-electron chi connectivity index (χ0n) is 17.4. The summed E-state index contributed by atoms with van der Waals surface area (Å²) < 4.78 is 37.4. The molecular formula is C23H23ClN2O5S. The number of pyridine rings is 1. The van der Waals surface area contributed by atoms with Crippen molar-refractivity contribution in [1.29, 1.82) is 0 Å². The van der Waals surface area contributed by atoms with E-state index in [0.717, 1.165) is 16.5 Å². The van der Waals surface area contributed by atoms with Crippen LogP contribution in [0.5, 0.6) is 0 Å². The van der Waals surface area contributed by atoms with E-state index in [9.17, 15) is 13.2 Å². The molecule has 0 bridgehead atoms. The van der Waals surface area contributed by atoms with Crippen LogP contribution >= 0.6 is 11.6 Å². The van der Waals surface area contributed by atoms with Gasteiger partial charge in [0.15, 0.2) is 0 Å². The molecule has 0 atom stereocenters. The molecule has 1 fully saturated rings. The first kappa shape index (κ1) is 22.7. The van der Waals surface area contributed by atoms with Crippen LogP contribution in [0.3, 0.4) is 0 Å². The maximum atomic E-state index is 12.7. The van der Waals surface area contributed by atoms with Crippen molar-refractivity contribution in [2.24, 2.45) is 0 Å². The predicted molar refractivity (Wildman–Crippen MR) is 121 cm³/mol. The van der Waals surface area contributed by atoms with Gasteiger partial charge >= 0.3 is 5.97 Å². The fourth-order valence-electron chi connectivity index (χ4n) is 3.48. The average molecular weight is 475 g/mol. The molecule has 2 heterocycles. The fourth-order valence-corrected chi connectivity index (χ4v) is 5.09. The van der Waals surface area contributed by atoms with Gasteiger partial charge in [-0.25, -0.2) is 13.4 Å². The Balaban J connectivity index is 1.31. The molecule has 2 aromatic carbocycles. The number of carbonyl (C=O) groups excluding carboxylic acids is 1. The number of ether oxygens (including phenoxy) is 2. The number of esters is 1. The summed E-state index contributed by atoms with van der Waals surface area (Å²) in [6, 6.07) is 16.1. The Morgan fingerprint density at radius 2 is 1.81 bits per heavy atom. The van der Waals surface area contributed by atoms with E-state index < -0.39 is 10.0 Å². The van der Waals surface area contributed by atoms with E-state index in [0.29, 0.717) is 43.4 Å². The van der Waals surface area contributed by atoms with Crippen LogP contribution in [0.15, 0.2) is 59.5 Å². The third-order valence-corrected chi connectivity index (χ3v) is 7.53. The molecule has 32 heavy (non-hydrogen) atoms. The lowest BCUT2D eigenvalue weighted by atomic mass is 10.1. The van der Waals surface area contributed by atoms with Gasteiger partial charge in [-0.3, -0.25) is 4.79 Å². The molecule has 1 aromatic heterocycles. The third kappa shape index (κ3) is 5.27. The van der Waals surface area contributed by atoms with Crippen molar-refractivity contribution in [3.63, 3.8) is 0 Å². The van der Waals surface area contributed by atoms with Crippen molar-refractivity contribution in [2.75, 3.05) is 26.3 Å². The van der Waals surface area contributed by atoms with E-state index in [-0.39, 0.29) is 23.9 Å².